The molecule has 2 aliphatic carbocycles. The highest BCUT2D eigenvalue weighted by Crippen LogP contribution is 2.29. The highest BCUT2D eigenvalue weighted by molar-refractivity contribution is 7.80. The summed E-state index contributed by atoms with van der Waals surface area (Å²) in [5.41, 5.74) is 3.65. The molecule has 0 bridgehead atoms. The summed E-state index contributed by atoms with van der Waals surface area (Å²) in [6, 6.07) is 0.858. The Morgan fingerprint density at radius 1 is 1.11 bits per heavy atom. The van der Waals surface area contributed by atoms with Crippen LogP contribution in [0.5, 0.6) is 0 Å². The first-order valence-electron chi connectivity index (χ1n) is 10.4. The maximum atomic E-state index is 5.38. The summed E-state index contributed by atoms with van der Waals surface area (Å²) in [5, 5.41) is 11.0. The zero-order chi connectivity index (χ0) is 20.1. The van der Waals surface area contributed by atoms with E-state index in [4.69, 9.17) is 22.2 Å². The molecule has 1 heterocycles. The topological polar surface area (TPSA) is 65.1 Å². The predicted molar refractivity (Wildman–Crippen MR) is 121 cm³/mol. The molecule has 3 N–H and O–H groups in total. The summed E-state index contributed by atoms with van der Waals surface area (Å²) >= 11 is 5.38. The van der Waals surface area contributed by atoms with E-state index in [9.17, 15) is 0 Å². The molecule has 0 atom stereocenters. The van der Waals surface area contributed by atoms with Gasteiger partial charge in [-0.2, -0.15) is 4.98 Å². The van der Waals surface area contributed by atoms with Gasteiger partial charge in [0.15, 0.2) is 5.11 Å². The van der Waals surface area contributed by atoms with Gasteiger partial charge in [-0.05, 0) is 70.5 Å². The van der Waals surface area contributed by atoms with Gasteiger partial charge in [0, 0.05) is 38.3 Å². The number of nitrogens with one attached hydrogen (secondary N) is 3. The van der Waals surface area contributed by atoms with Crippen LogP contribution in [0.4, 0.5) is 11.8 Å². The van der Waals surface area contributed by atoms with Crippen molar-refractivity contribution in [2.75, 3.05) is 30.9 Å². The van der Waals surface area contributed by atoms with Crippen molar-refractivity contribution in [1.82, 2.24) is 20.6 Å². The third-order valence-corrected chi connectivity index (χ3v) is 5.79. The first-order chi connectivity index (χ1) is 13.4. The van der Waals surface area contributed by atoms with Crippen molar-refractivity contribution in [3.63, 3.8) is 0 Å². The number of aryl methyl sites for hydroxylation is 1. The Balaban J connectivity index is 1.54. The number of nitrogens with zero attached hydrogens (tertiary/aromatic N) is 3. The molecule has 1 aromatic heterocycles. The van der Waals surface area contributed by atoms with E-state index >= 15 is 0 Å². The van der Waals surface area contributed by atoms with Crippen molar-refractivity contribution in [3.8, 4) is 0 Å². The molecule has 2 aliphatic rings. The minimum atomic E-state index is 0.423. The summed E-state index contributed by atoms with van der Waals surface area (Å²) < 4.78 is 0. The second kappa shape index (κ2) is 9.54. The smallest absolute Gasteiger partial charge is 0.225 e. The fourth-order valence-corrected chi connectivity index (χ4v) is 4.28. The van der Waals surface area contributed by atoms with Gasteiger partial charge in [-0.1, -0.05) is 12.2 Å². The van der Waals surface area contributed by atoms with Crippen molar-refractivity contribution in [2.45, 2.75) is 70.4 Å². The Morgan fingerprint density at radius 3 is 2.46 bits per heavy atom. The van der Waals surface area contributed by atoms with Crippen molar-refractivity contribution >= 4 is 29.1 Å². The summed E-state index contributed by atoms with van der Waals surface area (Å²) in [6.07, 6.45) is 9.02. The van der Waals surface area contributed by atoms with Gasteiger partial charge in [0.1, 0.15) is 5.82 Å². The van der Waals surface area contributed by atoms with Crippen LogP contribution in [-0.2, 0) is 12.8 Å². The highest BCUT2D eigenvalue weighted by atomic mass is 32.1. The van der Waals surface area contributed by atoms with E-state index in [0.717, 1.165) is 67.5 Å². The molecule has 1 saturated carbocycles. The average Bonchev–Trinajstić information content (AvgIpc) is 2.67. The first-order valence-corrected chi connectivity index (χ1v) is 10.9. The monoisotopic (exact) mass is 402 g/mol. The van der Waals surface area contributed by atoms with Gasteiger partial charge < -0.3 is 20.9 Å². The van der Waals surface area contributed by atoms with E-state index in [2.05, 4.69) is 41.5 Å². The maximum absolute atomic E-state index is 5.38. The van der Waals surface area contributed by atoms with Crippen LogP contribution in [0, 0.1) is 0 Å². The summed E-state index contributed by atoms with van der Waals surface area (Å²) in [7, 11) is 4.14. The Hall–Kier alpha value is -1.89. The summed E-state index contributed by atoms with van der Waals surface area (Å²) in [4.78, 5) is 11.8. The molecule has 7 heteroatoms. The number of anilines is 2. The zero-order valence-corrected chi connectivity index (χ0v) is 18.3. The van der Waals surface area contributed by atoms with E-state index in [0.29, 0.717) is 12.1 Å². The van der Waals surface area contributed by atoms with Crippen molar-refractivity contribution in [1.29, 1.82) is 0 Å². The summed E-state index contributed by atoms with van der Waals surface area (Å²) in [6.45, 7) is 6.62. The molecule has 0 radical (unpaired) electrons. The fraction of sp³-hybridized carbons (Fsp3) is 0.667. The lowest BCUT2D eigenvalue weighted by Crippen LogP contribution is -2.45. The normalized spacial score (nSPS) is 21.4. The molecule has 6 nitrogen and oxygen atoms in total. The van der Waals surface area contributed by atoms with Gasteiger partial charge in [0.05, 0.1) is 5.69 Å². The molecule has 0 spiro atoms. The Bertz CT molecular complexity index is 709. The molecule has 1 aromatic rings. The van der Waals surface area contributed by atoms with Crippen LogP contribution in [0.15, 0.2) is 12.2 Å². The van der Waals surface area contributed by atoms with Gasteiger partial charge >= 0.3 is 0 Å². The van der Waals surface area contributed by atoms with E-state index in [1.54, 1.807) is 0 Å². The van der Waals surface area contributed by atoms with Crippen LogP contribution in [0.1, 0.15) is 56.7 Å². The van der Waals surface area contributed by atoms with Crippen LogP contribution in [0.3, 0.4) is 0 Å². The zero-order valence-electron chi connectivity index (χ0n) is 17.5. The van der Waals surface area contributed by atoms with E-state index in [1.165, 1.54) is 24.1 Å². The largest absolute Gasteiger partial charge is 0.362 e. The quantitative estimate of drug-likeness (QED) is 0.499. The van der Waals surface area contributed by atoms with Gasteiger partial charge in [0.25, 0.3) is 0 Å². The van der Waals surface area contributed by atoms with Gasteiger partial charge in [0.2, 0.25) is 5.95 Å². The molecule has 154 valence electrons. The molecule has 0 unspecified atom stereocenters. The molecule has 3 rings (SSSR count). The Kier molecular flexibility index (Phi) is 7.10. The van der Waals surface area contributed by atoms with Crippen LogP contribution in [0.25, 0.3) is 0 Å². The van der Waals surface area contributed by atoms with Gasteiger partial charge in [-0.15, -0.1) is 0 Å². The van der Waals surface area contributed by atoms with Gasteiger partial charge in [-0.25, -0.2) is 4.98 Å². The summed E-state index contributed by atoms with van der Waals surface area (Å²) in [5.74, 6) is 1.87. The number of fused-ring (bicyclic) bond motifs is 1. The van der Waals surface area contributed by atoms with E-state index < -0.39 is 0 Å². The fourth-order valence-electron chi connectivity index (χ4n) is 4.04. The molecule has 1 fully saturated rings. The van der Waals surface area contributed by atoms with Crippen molar-refractivity contribution in [3.05, 3.63) is 23.4 Å². The van der Waals surface area contributed by atoms with Crippen LogP contribution >= 0.6 is 12.2 Å². The van der Waals surface area contributed by atoms with Crippen molar-refractivity contribution < 1.29 is 0 Å². The molecule has 0 aromatic carbocycles. The minimum Gasteiger partial charge on any atom is -0.362 e. The third kappa shape index (κ3) is 5.56. The minimum absolute atomic E-state index is 0.423. The number of hydrogen-bond acceptors (Lipinski definition) is 5. The lowest BCUT2D eigenvalue weighted by atomic mass is 9.91. The molecule has 0 amide bonds. The molecular weight excluding hydrogens is 368 g/mol. The SMILES string of the molecule is C=C(C)CNC(=S)N[C@H]1CC[C@@H](Nc2nc3c(c(N(C)C)n2)CCCC3)CC1. The number of rotatable bonds is 6. The van der Waals surface area contributed by atoms with E-state index in [-0.39, 0.29) is 0 Å². The lowest BCUT2D eigenvalue weighted by molar-refractivity contribution is 0.385. The highest BCUT2D eigenvalue weighted by Gasteiger charge is 2.24. The second-order valence-electron chi connectivity index (χ2n) is 8.37. The Labute approximate surface area is 174 Å². The molecule has 28 heavy (non-hydrogen) atoms. The Morgan fingerprint density at radius 2 is 1.79 bits per heavy atom. The third-order valence-electron chi connectivity index (χ3n) is 5.53. The van der Waals surface area contributed by atoms with Crippen LogP contribution in [-0.4, -0.2) is 47.8 Å². The lowest BCUT2D eigenvalue weighted by Gasteiger charge is -2.31. The van der Waals surface area contributed by atoms with Crippen molar-refractivity contribution in [2.24, 2.45) is 0 Å². The van der Waals surface area contributed by atoms with Crippen LogP contribution < -0.4 is 20.9 Å². The number of thiocarbonyl (C=S) groups is 1. The first kappa shape index (κ1) is 20.8. The number of hydrogen-bond donors (Lipinski definition) is 3. The standard InChI is InChI=1S/C21H34N6S/c1-14(2)13-22-21(28)24-16-11-9-15(10-12-16)23-20-25-18-8-6-5-7-17(18)19(26-20)27(3)4/h15-16H,1,5-13H2,2-4H3,(H2,22,24,28)(H,23,25,26)/t15-,16+. The maximum Gasteiger partial charge on any atom is 0.225 e. The molecule has 0 saturated heterocycles. The predicted octanol–water partition coefficient (Wildman–Crippen LogP) is 3.18. The number of aromatic nitrogens is 2. The molecular formula is C21H34N6S. The van der Waals surface area contributed by atoms with E-state index in [1.807, 2.05) is 6.92 Å². The van der Waals surface area contributed by atoms with Crippen LogP contribution in [0.2, 0.25) is 0 Å². The molecule has 0 aliphatic heterocycles. The second-order valence-corrected chi connectivity index (χ2v) is 8.78. The van der Waals surface area contributed by atoms with Gasteiger partial charge in [-0.3, -0.25) is 0 Å². The average molecular weight is 403 g/mol.